The number of rotatable bonds is 1. The molecule has 1 N–H and O–H groups in total. The van der Waals surface area contributed by atoms with Crippen LogP contribution < -0.4 is 0 Å². The molecule has 2 bridgehead atoms. The predicted molar refractivity (Wildman–Crippen MR) is 76.5 cm³/mol. The first-order valence-electron chi connectivity index (χ1n) is 6.65. The second kappa shape index (κ2) is 4.75. The van der Waals surface area contributed by atoms with Crippen LogP contribution >= 0.6 is 12.4 Å². The van der Waals surface area contributed by atoms with Gasteiger partial charge >= 0.3 is 0 Å². The van der Waals surface area contributed by atoms with Gasteiger partial charge in [-0.2, -0.15) is 0 Å². The normalized spacial score (nSPS) is 35.2. The minimum absolute atomic E-state index is 0. The molecule has 1 saturated heterocycles. The average molecular weight is 268 g/mol. The van der Waals surface area contributed by atoms with E-state index in [4.69, 9.17) is 0 Å². The lowest BCUT2D eigenvalue weighted by molar-refractivity contribution is 0.239. The van der Waals surface area contributed by atoms with Crippen LogP contribution in [0.25, 0.3) is 0 Å². The molecule has 1 aromatic rings. The van der Waals surface area contributed by atoms with Gasteiger partial charge in [-0.25, -0.2) is 0 Å². The molecule has 3 rings (SSSR count). The van der Waals surface area contributed by atoms with E-state index in [1.165, 1.54) is 31.2 Å². The van der Waals surface area contributed by atoms with Gasteiger partial charge in [-0.1, -0.05) is 18.6 Å². The van der Waals surface area contributed by atoms with Gasteiger partial charge in [0.15, 0.2) is 0 Å². The van der Waals surface area contributed by atoms with E-state index in [2.05, 4.69) is 24.9 Å². The van der Waals surface area contributed by atoms with Crippen molar-refractivity contribution in [3.8, 4) is 5.75 Å². The van der Waals surface area contributed by atoms with Crippen LogP contribution in [0, 0.1) is 0 Å². The first kappa shape index (κ1) is 13.7. The van der Waals surface area contributed by atoms with Crippen molar-refractivity contribution in [2.24, 2.45) is 0 Å². The fourth-order valence-corrected chi connectivity index (χ4v) is 4.03. The summed E-state index contributed by atoms with van der Waals surface area (Å²) in [5.41, 5.74) is 1.61. The first-order chi connectivity index (χ1) is 8.13. The minimum Gasteiger partial charge on any atom is -0.508 e. The monoisotopic (exact) mass is 267 g/mol. The maximum absolute atomic E-state index is 9.71. The molecule has 1 aliphatic heterocycles. The predicted octanol–water partition coefficient (Wildman–Crippen LogP) is 3.33. The highest BCUT2D eigenvalue weighted by Crippen LogP contribution is 2.51. The zero-order chi connectivity index (χ0) is 12.0. The third kappa shape index (κ3) is 1.83. The SMILES string of the molecule is CC1N(C)C2CCCC1(c1cccc(O)c1)C2.Cl. The number of halogens is 1. The standard InChI is InChI=1S/C15H21NO.ClH/c1-11-15(12-5-3-7-14(17)9-12)8-4-6-13(10-15)16(11)2;/h3,5,7,9,11,13,17H,4,6,8,10H2,1-2H3;1H. The second-order valence-corrected chi connectivity index (χ2v) is 5.80. The zero-order valence-electron chi connectivity index (χ0n) is 11.1. The molecule has 18 heavy (non-hydrogen) atoms. The lowest BCUT2D eigenvalue weighted by Crippen LogP contribution is -2.38. The highest BCUT2D eigenvalue weighted by Gasteiger charge is 2.51. The Morgan fingerprint density at radius 2 is 2.17 bits per heavy atom. The summed E-state index contributed by atoms with van der Waals surface area (Å²) in [6.07, 6.45) is 5.17. The zero-order valence-corrected chi connectivity index (χ0v) is 11.9. The van der Waals surface area contributed by atoms with E-state index in [0.29, 0.717) is 11.8 Å². The Morgan fingerprint density at radius 1 is 1.39 bits per heavy atom. The van der Waals surface area contributed by atoms with Gasteiger partial charge in [-0.15, -0.1) is 12.4 Å². The molecule has 1 aliphatic carbocycles. The van der Waals surface area contributed by atoms with Gasteiger partial charge in [0, 0.05) is 17.5 Å². The smallest absolute Gasteiger partial charge is 0.115 e. The van der Waals surface area contributed by atoms with Crippen LogP contribution in [0.4, 0.5) is 0 Å². The van der Waals surface area contributed by atoms with E-state index < -0.39 is 0 Å². The van der Waals surface area contributed by atoms with Crippen molar-refractivity contribution in [3.05, 3.63) is 29.8 Å². The molecule has 3 unspecified atom stereocenters. The number of phenolic OH excluding ortho intramolecular Hbond substituents is 1. The molecule has 1 aromatic carbocycles. The Labute approximate surface area is 115 Å². The number of hydrogen-bond donors (Lipinski definition) is 1. The molecule has 0 aromatic heterocycles. The molecule has 2 nitrogen and oxygen atoms in total. The lowest BCUT2D eigenvalue weighted by atomic mass is 9.67. The summed E-state index contributed by atoms with van der Waals surface area (Å²) in [4.78, 5) is 2.54. The van der Waals surface area contributed by atoms with Crippen LogP contribution in [-0.4, -0.2) is 29.1 Å². The number of benzene rings is 1. The summed E-state index contributed by atoms with van der Waals surface area (Å²) in [5.74, 6) is 0.403. The van der Waals surface area contributed by atoms with Crippen molar-refractivity contribution >= 4 is 12.4 Å². The highest BCUT2D eigenvalue weighted by molar-refractivity contribution is 5.85. The summed E-state index contributed by atoms with van der Waals surface area (Å²) >= 11 is 0. The minimum atomic E-state index is 0. The van der Waals surface area contributed by atoms with Crippen LogP contribution in [-0.2, 0) is 5.41 Å². The quantitative estimate of drug-likeness (QED) is 0.844. The number of likely N-dealkylation sites (tertiary alicyclic amines) is 1. The van der Waals surface area contributed by atoms with Crippen molar-refractivity contribution in [1.82, 2.24) is 4.90 Å². The largest absolute Gasteiger partial charge is 0.508 e. The van der Waals surface area contributed by atoms with Crippen LogP contribution in [0.1, 0.15) is 38.2 Å². The number of hydrogen-bond acceptors (Lipinski definition) is 2. The molecular formula is C15H22ClNO. The molecule has 0 spiro atoms. The van der Waals surface area contributed by atoms with Crippen molar-refractivity contribution in [2.45, 2.75) is 50.1 Å². The Kier molecular flexibility index (Phi) is 3.61. The molecule has 1 heterocycles. The molecule has 100 valence electrons. The number of fused-ring (bicyclic) bond motifs is 2. The summed E-state index contributed by atoms with van der Waals surface area (Å²) in [5, 5.41) is 9.71. The average Bonchev–Trinajstić information content (AvgIpc) is 2.52. The summed E-state index contributed by atoms with van der Waals surface area (Å²) < 4.78 is 0. The van der Waals surface area contributed by atoms with E-state index >= 15 is 0 Å². The highest BCUT2D eigenvalue weighted by atomic mass is 35.5. The fourth-order valence-electron chi connectivity index (χ4n) is 4.03. The van der Waals surface area contributed by atoms with Gasteiger partial charge in [0.05, 0.1) is 0 Å². The molecule has 3 heteroatoms. The first-order valence-corrected chi connectivity index (χ1v) is 6.65. The molecule has 2 aliphatic rings. The van der Waals surface area contributed by atoms with E-state index in [1.807, 2.05) is 12.1 Å². The number of phenols is 1. The third-order valence-electron chi connectivity index (χ3n) is 5.17. The molecule has 2 fully saturated rings. The van der Waals surface area contributed by atoms with Crippen LogP contribution in [0.15, 0.2) is 24.3 Å². The second-order valence-electron chi connectivity index (χ2n) is 5.80. The van der Waals surface area contributed by atoms with Gasteiger partial charge in [-0.05, 0) is 50.9 Å². The number of likely N-dealkylation sites (N-methyl/N-ethyl adjacent to an activating group) is 1. The molecule has 1 saturated carbocycles. The van der Waals surface area contributed by atoms with Crippen molar-refractivity contribution < 1.29 is 5.11 Å². The van der Waals surface area contributed by atoms with Crippen LogP contribution in [0.5, 0.6) is 5.75 Å². The van der Waals surface area contributed by atoms with E-state index in [1.54, 1.807) is 6.07 Å². The fraction of sp³-hybridized carbons (Fsp3) is 0.600. The van der Waals surface area contributed by atoms with Crippen LogP contribution in [0.3, 0.4) is 0 Å². The topological polar surface area (TPSA) is 23.5 Å². The van der Waals surface area contributed by atoms with E-state index in [9.17, 15) is 5.11 Å². The Balaban J connectivity index is 0.00000120. The molecule has 3 atom stereocenters. The summed E-state index contributed by atoms with van der Waals surface area (Å²) in [6, 6.07) is 9.23. The molecule has 0 radical (unpaired) electrons. The van der Waals surface area contributed by atoms with Crippen molar-refractivity contribution in [2.75, 3.05) is 7.05 Å². The molecule has 0 amide bonds. The Morgan fingerprint density at radius 3 is 2.89 bits per heavy atom. The van der Waals surface area contributed by atoms with E-state index in [-0.39, 0.29) is 17.8 Å². The maximum Gasteiger partial charge on any atom is 0.115 e. The third-order valence-corrected chi connectivity index (χ3v) is 5.17. The maximum atomic E-state index is 9.71. The Bertz CT molecular complexity index is 436. The lowest BCUT2D eigenvalue weighted by Gasteiger charge is -2.36. The summed E-state index contributed by atoms with van der Waals surface area (Å²) in [6.45, 7) is 2.34. The number of nitrogens with zero attached hydrogens (tertiary/aromatic N) is 1. The number of aromatic hydroxyl groups is 1. The summed E-state index contributed by atoms with van der Waals surface area (Å²) in [7, 11) is 2.26. The van der Waals surface area contributed by atoms with Gasteiger partial charge < -0.3 is 5.11 Å². The van der Waals surface area contributed by atoms with Gasteiger partial charge in [0.2, 0.25) is 0 Å². The van der Waals surface area contributed by atoms with E-state index in [0.717, 1.165) is 6.04 Å². The van der Waals surface area contributed by atoms with Gasteiger partial charge in [0.1, 0.15) is 5.75 Å². The van der Waals surface area contributed by atoms with Crippen molar-refractivity contribution in [3.63, 3.8) is 0 Å². The van der Waals surface area contributed by atoms with Crippen molar-refractivity contribution in [1.29, 1.82) is 0 Å². The van der Waals surface area contributed by atoms with Crippen LogP contribution in [0.2, 0.25) is 0 Å². The van der Waals surface area contributed by atoms with Gasteiger partial charge in [0.25, 0.3) is 0 Å². The Hall–Kier alpha value is -0.730. The van der Waals surface area contributed by atoms with Gasteiger partial charge in [-0.3, -0.25) is 4.90 Å². The molecular weight excluding hydrogens is 246 g/mol.